The summed E-state index contributed by atoms with van der Waals surface area (Å²) in [4.78, 5) is 26.1. The summed E-state index contributed by atoms with van der Waals surface area (Å²) in [5.41, 5.74) is 1.45. The lowest BCUT2D eigenvalue weighted by atomic mass is 10.1. The first-order valence-corrected chi connectivity index (χ1v) is 11.7. The molecule has 0 atom stereocenters. The molecule has 0 fully saturated rings. The van der Waals surface area contributed by atoms with Crippen molar-refractivity contribution in [1.82, 2.24) is 9.55 Å². The van der Waals surface area contributed by atoms with E-state index in [4.69, 9.17) is 9.47 Å². The van der Waals surface area contributed by atoms with Gasteiger partial charge in [0.2, 0.25) is 0 Å². The molecule has 0 bridgehead atoms. The number of methoxy groups -OCH3 is 1. The van der Waals surface area contributed by atoms with E-state index in [0.29, 0.717) is 35.8 Å². The second-order valence-electron chi connectivity index (χ2n) is 8.10. The quantitative estimate of drug-likeness (QED) is 0.134. The van der Waals surface area contributed by atoms with Crippen molar-refractivity contribution < 1.29 is 19.3 Å². The largest absolute Gasteiger partial charge is 0.490 e. The maximum atomic E-state index is 11.5. The molecule has 194 valence electrons. The van der Waals surface area contributed by atoms with E-state index >= 15 is 0 Å². The minimum atomic E-state index is -0.494. The van der Waals surface area contributed by atoms with Crippen molar-refractivity contribution in [3.63, 3.8) is 0 Å². The van der Waals surface area contributed by atoms with Crippen molar-refractivity contribution in [2.75, 3.05) is 13.7 Å². The molecule has 1 aromatic heterocycles. The van der Waals surface area contributed by atoms with Crippen LogP contribution in [0.1, 0.15) is 50.1 Å². The van der Waals surface area contributed by atoms with Gasteiger partial charge in [0.15, 0.2) is 17.3 Å². The van der Waals surface area contributed by atoms with Gasteiger partial charge in [0.05, 0.1) is 35.5 Å². The van der Waals surface area contributed by atoms with Crippen molar-refractivity contribution in [1.29, 1.82) is 0 Å². The first-order chi connectivity index (χ1) is 17.8. The van der Waals surface area contributed by atoms with Gasteiger partial charge >= 0.3 is 11.4 Å². The van der Waals surface area contributed by atoms with Crippen LogP contribution in [0.4, 0.5) is 11.4 Å². The fourth-order valence-corrected chi connectivity index (χ4v) is 3.52. The van der Waals surface area contributed by atoms with Crippen LogP contribution in [0.25, 0.3) is 0 Å². The van der Waals surface area contributed by atoms with Crippen LogP contribution in [0.15, 0.2) is 59.0 Å². The lowest BCUT2D eigenvalue weighted by Crippen LogP contribution is -2.05. The highest BCUT2D eigenvalue weighted by molar-refractivity contribution is 5.99. The number of nitro groups is 2. The summed E-state index contributed by atoms with van der Waals surface area (Å²) in [6.45, 7) is 4.51. The van der Waals surface area contributed by atoms with Crippen molar-refractivity contribution in [3.8, 4) is 11.5 Å². The molecule has 1 heterocycles. The third-order valence-corrected chi connectivity index (χ3v) is 5.50. The first kappa shape index (κ1) is 27.0. The minimum absolute atomic E-state index is 0.123. The molecule has 0 aliphatic rings. The van der Waals surface area contributed by atoms with Crippen LogP contribution in [-0.4, -0.2) is 45.0 Å². The molecular formula is C25H28N6O6. The van der Waals surface area contributed by atoms with Gasteiger partial charge in [-0.2, -0.15) is 10.2 Å². The first-order valence-electron chi connectivity index (χ1n) is 11.7. The van der Waals surface area contributed by atoms with Crippen LogP contribution < -0.4 is 9.47 Å². The van der Waals surface area contributed by atoms with Gasteiger partial charge in [0.25, 0.3) is 0 Å². The second-order valence-corrected chi connectivity index (χ2v) is 8.10. The number of nitro benzene ring substituents is 2. The van der Waals surface area contributed by atoms with Gasteiger partial charge in [-0.05, 0) is 37.1 Å². The third-order valence-electron chi connectivity index (χ3n) is 5.50. The Kier molecular flexibility index (Phi) is 9.41. The number of imidazole rings is 1. The number of nitrogens with zero attached hydrogens (tertiary/aromatic N) is 6. The Bertz CT molecular complexity index is 1320. The van der Waals surface area contributed by atoms with Crippen LogP contribution >= 0.6 is 0 Å². The van der Waals surface area contributed by atoms with E-state index in [-0.39, 0.29) is 22.9 Å². The smallest absolute Gasteiger partial charge is 0.311 e. The Morgan fingerprint density at radius 1 is 1.08 bits per heavy atom. The number of hydrogen-bond acceptors (Lipinski definition) is 9. The molecule has 0 N–H and O–H groups in total. The SMILES string of the molecule is CCCCCOc1ccc(/C(C)=N/N=C\c2nccn2Cc2ccc(OC)c([N+](=O)[O-])c2)cc1[N+](=O)[O-]. The fourth-order valence-electron chi connectivity index (χ4n) is 3.52. The Morgan fingerprint density at radius 3 is 2.51 bits per heavy atom. The summed E-state index contributed by atoms with van der Waals surface area (Å²) < 4.78 is 12.4. The Labute approximate surface area is 213 Å². The molecule has 3 rings (SSSR count). The van der Waals surface area contributed by atoms with Crippen LogP contribution in [0.3, 0.4) is 0 Å². The summed E-state index contributed by atoms with van der Waals surface area (Å²) in [6.07, 6.45) is 7.60. The number of aromatic nitrogens is 2. The molecule has 0 unspecified atom stereocenters. The van der Waals surface area contributed by atoms with Crippen molar-refractivity contribution in [3.05, 3.63) is 86.0 Å². The average molecular weight is 509 g/mol. The molecule has 3 aromatic rings. The molecule has 0 aliphatic heterocycles. The van der Waals surface area contributed by atoms with Crippen LogP contribution in [-0.2, 0) is 6.54 Å². The molecule has 0 amide bonds. The van der Waals surface area contributed by atoms with E-state index < -0.39 is 9.85 Å². The summed E-state index contributed by atoms with van der Waals surface area (Å²) in [7, 11) is 1.38. The Balaban J connectivity index is 1.74. The van der Waals surface area contributed by atoms with E-state index in [2.05, 4.69) is 22.1 Å². The lowest BCUT2D eigenvalue weighted by Gasteiger charge is -2.08. The highest BCUT2D eigenvalue weighted by Crippen LogP contribution is 2.29. The van der Waals surface area contributed by atoms with Gasteiger partial charge in [-0.3, -0.25) is 20.2 Å². The van der Waals surface area contributed by atoms with Gasteiger partial charge in [0.1, 0.15) is 0 Å². The standard InChI is InChI=1S/C25H28N6O6/c1-4-5-6-13-37-24-10-8-20(15-22(24)31(34)35)18(2)28-27-16-25-26-11-12-29(25)17-19-7-9-23(36-3)21(14-19)30(32)33/h7-12,14-16H,4-6,13,17H2,1-3H3/b27-16-,28-18+. The van der Waals surface area contributed by atoms with Crippen LogP contribution in [0.5, 0.6) is 11.5 Å². The highest BCUT2D eigenvalue weighted by atomic mass is 16.6. The second kappa shape index (κ2) is 12.9. The van der Waals surface area contributed by atoms with Gasteiger partial charge in [-0.25, -0.2) is 4.98 Å². The zero-order valence-corrected chi connectivity index (χ0v) is 20.9. The van der Waals surface area contributed by atoms with Crippen LogP contribution in [0.2, 0.25) is 0 Å². The summed E-state index contributed by atoms with van der Waals surface area (Å²) in [5, 5.41) is 31.1. The Hall–Kier alpha value is -4.61. The molecule has 37 heavy (non-hydrogen) atoms. The van der Waals surface area contributed by atoms with E-state index in [0.717, 1.165) is 19.3 Å². The zero-order valence-electron chi connectivity index (χ0n) is 20.9. The topological polar surface area (TPSA) is 147 Å². The maximum absolute atomic E-state index is 11.5. The van der Waals surface area contributed by atoms with Gasteiger partial charge < -0.3 is 14.0 Å². The number of unbranched alkanes of at least 4 members (excludes halogenated alkanes) is 2. The highest BCUT2D eigenvalue weighted by Gasteiger charge is 2.17. The van der Waals surface area contributed by atoms with E-state index in [1.54, 1.807) is 48.1 Å². The molecule has 0 radical (unpaired) electrons. The summed E-state index contributed by atoms with van der Waals surface area (Å²) in [5.74, 6) is 0.890. The van der Waals surface area contributed by atoms with E-state index in [9.17, 15) is 20.2 Å². The Morgan fingerprint density at radius 2 is 1.81 bits per heavy atom. The average Bonchev–Trinajstić information content (AvgIpc) is 3.33. The molecule has 0 saturated heterocycles. The summed E-state index contributed by atoms with van der Waals surface area (Å²) >= 11 is 0. The van der Waals surface area contributed by atoms with Gasteiger partial charge in [0, 0.05) is 36.6 Å². The van der Waals surface area contributed by atoms with Crippen molar-refractivity contribution in [2.45, 2.75) is 39.7 Å². The molecule has 2 aromatic carbocycles. The monoisotopic (exact) mass is 508 g/mol. The molecule has 12 nitrogen and oxygen atoms in total. The molecular weight excluding hydrogens is 480 g/mol. The predicted octanol–water partition coefficient (Wildman–Crippen LogP) is 5.17. The minimum Gasteiger partial charge on any atom is -0.490 e. The van der Waals surface area contributed by atoms with Gasteiger partial charge in [-0.1, -0.05) is 25.8 Å². The number of benzene rings is 2. The normalized spacial score (nSPS) is 11.6. The predicted molar refractivity (Wildman–Crippen MR) is 139 cm³/mol. The van der Waals surface area contributed by atoms with Crippen molar-refractivity contribution in [2.24, 2.45) is 10.2 Å². The number of hydrogen-bond donors (Lipinski definition) is 0. The van der Waals surface area contributed by atoms with Gasteiger partial charge in [-0.15, -0.1) is 0 Å². The zero-order chi connectivity index (χ0) is 26.8. The molecule has 0 spiro atoms. The molecule has 0 saturated carbocycles. The number of ether oxygens (including phenoxy) is 2. The van der Waals surface area contributed by atoms with E-state index in [1.807, 2.05) is 0 Å². The van der Waals surface area contributed by atoms with Crippen molar-refractivity contribution >= 4 is 23.3 Å². The molecule has 0 aliphatic carbocycles. The van der Waals surface area contributed by atoms with E-state index in [1.165, 1.54) is 25.5 Å². The van der Waals surface area contributed by atoms with Crippen LogP contribution in [0, 0.1) is 20.2 Å². The fraction of sp³-hybridized carbons (Fsp3) is 0.320. The molecule has 12 heteroatoms. The third kappa shape index (κ3) is 7.19. The maximum Gasteiger partial charge on any atom is 0.311 e. The number of rotatable bonds is 13. The summed E-state index contributed by atoms with van der Waals surface area (Å²) in [6, 6.07) is 9.43. The lowest BCUT2D eigenvalue weighted by molar-refractivity contribution is -0.386.